The molecule has 31 heavy (non-hydrogen) atoms. The molecule has 1 aliphatic heterocycles. The number of likely N-dealkylation sites (tertiary alicyclic amines) is 1. The molecule has 0 unspecified atom stereocenters. The van der Waals surface area contributed by atoms with Gasteiger partial charge in [0.15, 0.2) is 0 Å². The highest BCUT2D eigenvalue weighted by atomic mass is 19.4. The smallest absolute Gasteiger partial charge is 0.339 e. The summed E-state index contributed by atoms with van der Waals surface area (Å²) in [6, 6.07) is 12.0. The zero-order valence-corrected chi connectivity index (χ0v) is 16.8. The summed E-state index contributed by atoms with van der Waals surface area (Å²) in [5.41, 5.74) is 1.33. The van der Waals surface area contributed by atoms with Crippen LogP contribution in [0.4, 0.5) is 23.7 Å². The predicted molar refractivity (Wildman–Crippen MR) is 108 cm³/mol. The summed E-state index contributed by atoms with van der Waals surface area (Å²) in [5, 5.41) is 6.60. The van der Waals surface area contributed by atoms with Crippen molar-refractivity contribution in [2.45, 2.75) is 31.9 Å². The molecule has 0 radical (unpaired) electrons. The van der Waals surface area contributed by atoms with Crippen LogP contribution in [0.5, 0.6) is 0 Å². The van der Waals surface area contributed by atoms with Gasteiger partial charge in [0.2, 0.25) is 11.7 Å². The fourth-order valence-electron chi connectivity index (χ4n) is 3.53. The number of anilines is 1. The van der Waals surface area contributed by atoms with Crippen molar-refractivity contribution in [3.63, 3.8) is 0 Å². The lowest BCUT2D eigenvalue weighted by Crippen LogP contribution is -2.40. The average molecular weight is 430 g/mol. The lowest BCUT2D eigenvalue weighted by Gasteiger charge is -2.30. The van der Waals surface area contributed by atoms with Crippen LogP contribution in [-0.2, 0) is 6.18 Å². The molecule has 3 aromatic rings. The Morgan fingerprint density at radius 1 is 1.13 bits per heavy atom. The molecule has 2 heterocycles. The Balaban J connectivity index is 1.35. The van der Waals surface area contributed by atoms with Crippen LogP contribution >= 0.6 is 0 Å². The molecule has 0 spiro atoms. The lowest BCUT2D eigenvalue weighted by atomic mass is 9.97. The number of amides is 2. The van der Waals surface area contributed by atoms with Crippen LogP contribution in [0.2, 0.25) is 0 Å². The number of nitrogens with one attached hydrogen (secondary N) is 1. The van der Waals surface area contributed by atoms with Crippen LogP contribution in [0.15, 0.2) is 53.1 Å². The van der Waals surface area contributed by atoms with Crippen molar-refractivity contribution in [3.05, 3.63) is 65.5 Å². The van der Waals surface area contributed by atoms with Gasteiger partial charge in [0.05, 0.1) is 5.56 Å². The topological polar surface area (TPSA) is 71.3 Å². The first-order chi connectivity index (χ1) is 14.8. The minimum Gasteiger partial charge on any atom is -0.339 e. The first kappa shape index (κ1) is 20.9. The molecule has 0 bridgehead atoms. The molecule has 1 fully saturated rings. The van der Waals surface area contributed by atoms with Crippen molar-refractivity contribution in [1.82, 2.24) is 15.0 Å². The van der Waals surface area contributed by atoms with E-state index in [1.54, 1.807) is 4.90 Å². The Labute approximate surface area is 177 Å². The van der Waals surface area contributed by atoms with Gasteiger partial charge in [-0.1, -0.05) is 41.1 Å². The number of benzene rings is 2. The zero-order chi connectivity index (χ0) is 22.0. The normalized spacial score (nSPS) is 15.2. The van der Waals surface area contributed by atoms with Crippen LogP contribution in [0.1, 0.15) is 35.8 Å². The first-order valence-corrected chi connectivity index (χ1v) is 9.93. The molecule has 9 heteroatoms. The lowest BCUT2D eigenvalue weighted by molar-refractivity contribution is -0.137. The van der Waals surface area contributed by atoms with E-state index in [2.05, 4.69) is 15.5 Å². The second-order valence-corrected chi connectivity index (χ2v) is 7.59. The van der Waals surface area contributed by atoms with Gasteiger partial charge in [0.25, 0.3) is 0 Å². The first-order valence-electron chi connectivity index (χ1n) is 9.93. The fraction of sp³-hybridized carbons (Fsp3) is 0.318. The van der Waals surface area contributed by atoms with Gasteiger partial charge in [0.1, 0.15) is 0 Å². The maximum absolute atomic E-state index is 12.8. The SMILES string of the molecule is Cc1ccc(-c2noc(C3CCN(C(=O)Nc4cccc(C(F)(F)F)c4)CC3)n2)cc1. The summed E-state index contributed by atoms with van der Waals surface area (Å²) in [6.07, 6.45) is -3.20. The number of piperidine rings is 1. The number of carbonyl (C=O) groups excluding carboxylic acids is 1. The number of rotatable bonds is 3. The molecule has 1 aliphatic rings. The highest BCUT2D eigenvalue weighted by molar-refractivity contribution is 5.89. The highest BCUT2D eigenvalue weighted by Gasteiger charge is 2.31. The van der Waals surface area contributed by atoms with Crippen molar-refractivity contribution < 1.29 is 22.5 Å². The molecule has 2 aromatic carbocycles. The van der Waals surface area contributed by atoms with Gasteiger partial charge >= 0.3 is 12.2 Å². The van der Waals surface area contributed by atoms with Crippen molar-refractivity contribution in [1.29, 1.82) is 0 Å². The third-order valence-electron chi connectivity index (χ3n) is 5.32. The van der Waals surface area contributed by atoms with E-state index < -0.39 is 17.8 Å². The number of urea groups is 1. The Morgan fingerprint density at radius 2 is 1.84 bits per heavy atom. The van der Waals surface area contributed by atoms with Gasteiger partial charge in [0, 0.05) is 30.3 Å². The van der Waals surface area contributed by atoms with E-state index in [9.17, 15) is 18.0 Å². The number of halogens is 3. The fourth-order valence-corrected chi connectivity index (χ4v) is 3.53. The van der Waals surface area contributed by atoms with Crippen molar-refractivity contribution in [2.24, 2.45) is 0 Å². The Kier molecular flexibility index (Phi) is 5.67. The molecule has 1 aromatic heterocycles. The zero-order valence-electron chi connectivity index (χ0n) is 16.8. The monoisotopic (exact) mass is 430 g/mol. The van der Waals surface area contributed by atoms with Gasteiger partial charge < -0.3 is 14.7 Å². The Bertz CT molecular complexity index is 1060. The van der Waals surface area contributed by atoms with E-state index in [1.165, 1.54) is 12.1 Å². The second kappa shape index (κ2) is 8.41. The summed E-state index contributed by atoms with van der Waals surface area (Å²) in [4.78, 5) is 18.5. The van der Waals surface area contributed by atoms with Crippen molar-refractivity contribution in [2.75, 3.05) is 18.4 Å². The summed E-state index contributed by atoms with van der Waals surface area (Å²) in [7, 11) is 0. The molecule has 162 valence electrons. The number of hydrogen-bond donors (Lipinski definition) is 1. The van der Waals surface area contributed by atoms with Crippen molar-refractivity contribution in [3.8, 4) is 11.4 Å². The molecule has 0 atom stereocenters. The van der Waals surface area contributed by atoms with Crippen LogP contribution in [0, 0.1) is 6.92 Å². The molecule has 6 nitrogen and oxygen atoms in total. The highest BCUT2D eigenvalue weighted by Crippen LogP contribution is 2.31. The summed E-state index contributed by atoms with van der Waals surface area (Å²) >= 11 is 0. The van der Waals surface area contributed by atoms with Gasteiger partial charge in [-0.3, -0.25) is 0 Å². The van der Waals surface area contributed by atoms with Crippen LogP contribution in [0.3, 0.4) is 0 Å². The molecule has 4 rings (SSSR count). The number of carbonyl (C=O) groups is 1. The summed E-state index contributed by atoms with van der Waals surface area (Å²) in [5.74, 6) is 1.09. The summed E-state index contributed by atoms with van der Waals surface area (Å²) < 4.78 is 44.0. The van der Waals surface area contributed by atoms with E-state index in [0.717, 1.165) is 23.3 Å². The van der Waals surface area contributed by atoms with E-state index >= 15 is 0 Å². The van der Waals surface area contributed by atoms with Gasteiger partial charge in [-0.15, -0.1) is 0 Å². The largest absolute Gasteiger partial charge is 0.416 e. The third kappa shape index (κ3) is 4.87. The molecule has 1 saturated heterocycles. The standard InChI is InChI=1S/C22H21F3N4O2/c1-14-5-7-15(8-6-14)19-27-20(31-28-19)16-9-11-29(12-10-16)21(30)26-18-4-2-3-17(13-18)22(23,24)25/h2-8,13,16H,9-12H2,1H3,(H,26,30). The number of aromatic nitrogens is 2. The number of hydrogen-bond acceptors (Lipinski definition) is 4. The Morgan fingerprint density at radius 3 is 2.52 bits per heavy atom. The molecular weight excluding hydrogens is 409 g/mol. The Hall–Kier alpha value is -3.36. The number of aryl methyl sites for hydroxylation is 1. The molecular formula is C22H21F3N4O2. The predicted octanol–water partition coefficient (Wildman–Crippen LogP) is 5.48. The van der Waals surface area contributed by atoms with Crippen LogP contribution < -0.4 is 5.32 Å². The summed E-state index contributed by atoms with van der Waals surface area (Å²) in [6.45, 7) is 2.89. The minimum absolute atomic E-state index is 0.0318. The maximum atomic E-state index is 12.8. The maximum Gasteiger partial charge on any atom is 0.416 e. The minimum atomic E-state index is -4.46. The van der Waals surface area contributed by atoms with Crippen molar-refractivity contribution >= 4 is 11.7 Å². The molecule has 1 N–H and O–H groups in total. The quantitative estimate of drug-likeness (QED) is 0.598. The number of alkyl halides is 3. The van der Waals surface area contributed by atoms with Gasteiger partial charge in [-0.05, 0) is 38.0 Å². The average Bonchev–Trinajstić information content (AvgIpc) is 3.24. The number of nitrogens with zero attached hydrogens (tertiary/aromatic N) is 3. The van der Waals surface area contributed by atoms with E-state index in [-0.39, 0.29) is 11.6 Å². The second-order valence-electron chi connectivity index (χ2n) is 7.59. The van der Waals surface area contributed by atoms with E-state index in [1.807, 2.05) is 31.2 Å². The molecule has 0 saturated carbocycles. The van der Waals surface area contributed by atoms with Crippen LogP contribution in [0.25, 0.3) is 11.4 Å². The van der Waals surface area contributed by atoms with Gasteiger partial charge in [-0.25, -0.2) is 4.79 Å². The third-order valence-corrected chi connectivity index (χ3v) is 5.32. The van der Waals surface area contributed by atoms with E-state index in [4.69, 9.17) is 4.52 Å². The molecule has 0 aliphatic carbocycles. The van der Waals surface area contributed by atoms with Crippen LogP contribution in [-0.4, -0.2) is 34.2 Å². The molecule has 2 amide bonds. The van der Waals surface area contributed by atoms with Gasteiger partial charge in [-0.2, -0.15) is 18.2 Å². The van der Waals surface area contributed by atoms with E-state index in [0.29, 0.717) is 37.6 Å².